The third-order valence-corrected chi connectivity index (χ3v) is 7.11. The van der Waals surface area contributed by atoms with Crippen molar-refractivity contribution in [3.05, 3.63) is 52.8 Å². The average Bonchev–Trinajstić information content (AvgIpc) is 2.82. The average molecular weight is 515 g/mol. The lowest BCUT2D eigenvalue weighted by molar-refractivity contribution is -0.150. The third-order valence-electron chi connectivity index (χ3n) is 7.11. The van der Waals surface area contributed by atoms with Gasteiger partial charge in [0, 0.05) is 49.7 Å². The molecular formula is C25H28F6N4O. The van der Waals surface area contributed by atoms with Crippen molar-refractivity contribution in [1.82, 2.24) is 10.3 Å². The number of halogens is 6. The van der Waals surface area contributed by atoms with E-state index in [-0.39, 0.29) is 23.7 Å². The highest BCUT2D eigenvalue weighted by molar-refractivity contribution is 5.97. The first kappa shape index (κ1) is 26.1. The van der Waals surface area contributed by atoms with Crippen LogP contribution in [0.25, 0.3) is 0 Å². The summed E-state index contributed by atoms with van der Waals surface area (Å²) in [4.78, 5) is 19.4. The number of pyridine rings is 1. The quantitative estimate of drug-likeness (QED) is 0.534. The van der Waals surface area contributed by atoms with Crippen LogP contribution in [-0.4, -0.2) is 43.6 Å². The standard InChI is InChI=1S/C25H28F6N4O/c1-34-12-4-6-18-19(5-3-7-20(18)34)23(36)32-15-8-10-16(11-9-15)35(2)17-13-21(24(26,27)28)33-22(14-17)25(29,30)31/h3,5,7,13-16H,4,6,8-12H2,1-2H3,(H,32,36)/t15-,16+. The normalized spacial score (nSPS) is 20.6. The van der Waals surface area contributed by atoms with Crippen LogP contribution in [0.2, 0.25) is 0 Å². The summed E-state index contributed by atoms with van der Waals surface area (Å²) in [5.74, 6) is -0.155. The molecule has 36 heavy (non-hydrogen) atoms. The van der Waals surface area contributed by atoms with E-state index in [0.717, 1.165) is 30.6 Å². The number of hydrogen-bond acceptors (Lipinski definition) is 4. The molecule has 2 aliphatic rings. The fourth-order valence-corrected chi connectivity index (χ4v) is 5.11. The molecule has 1 aliphatic heterocycles. The zero-order valence-corrected chi connectivity index (χ0v) is 20.0. The zero-order chi connectivity index (χ0) is 26.3. The first-order valence-corrected chi connectivity index (χ1v) is 11.9. The number of fused-ring (bicyclic) bond motifs is 1. The second kappa shape index (κ2) is 9.82. The van der Waals surface area contributed by atoms with Gasteiger partial charge < -0.3 is 15.1 Å². The monoisotopic (exact) mass is 514 g/mol. The Bertz CT molecular complexity index is 1080. The van der Waals surface area contributed by atoms with E-state index in [9.17, 15) is 31.1 Å². The van der Waals surface area contributed by atoms with Crippen LogP contribution in [0.5, 0.6) is 0 Å². The third kappa shape index (κ3) is 5.54. The van der Waals surface area contributed by atoms with E-state index < -0.39 is 23.7 Å². The Hall–Kier alpha value is -2.98. The molecule has 0 atom stereocenters. The minimum Gasteiger partial charge on any atom is -0.374 e. The summed E-state index contributed by atoms with van der Waals surface area (Å²) in [5, 5.41) is 3.07. The molecule has 1 aromatic heterocycles. The van der Waals surface area contributed by atoms with Crippen molar-refractivity contribution in [2.45, 2.75) is 63.0 Å². The highest BCUT2D eigenvalue weighted by Crippen LogP contribution is 2.37. The Morgan fingerprint density at radius 3 is 2.22 bits per heavy atom. The number of benzene rings is 1. The molecule has 11 heteroatoms. The minimum atomic E-state index is -5.00. The molecular weight excluding hydrogens is 486 g/mol. The number of amides is 1. The number of alkyl halides is 6. The van der Waals surface area contributed by atoms with E-state index in [1.807, 2.05) is 25.2 Å². The molecule has 1 N–H and O–H groups in total. The predicted molar refractivity (Wildman–Crippen MR) is 124 cm³/mol. The summed E-state index contributed by atoms with van der Waals surface area (Å²) in [6, 6.07) is 6.60. The van der Waals surface area contributed by atoms with E-state index in [1.165, 1.54) is 11.9 Å². The predicted octanol–water partition coefficient (Wildman–Crippen LogP) is 5.68. The van der Waals surface area contributed by atoms with Gasteiger partial charge in [-0.3, -0.25) is 4.79 Å². The summed E-state index contributed by atoms with van der Waals surface area (Å²) in [6.45, 7) is 0.933. The second-order valence-electron chi connectivity index (χ2n) is 9.51. The molecule has 0 spiro atoms. The molecule has 0 saturated heterocycles. The van der Waals surface area contributed by atoms with Crippen LogP contribution in [0.4, 0.5) is 37.7 Å². The highest BCUT2D eigenvalue weighted by Gasteiger charge is 2.39. The van der Waals surface area contributed by atoms with Crippen LogP contribution < -0.4 is 15.1 Å². The Labute approximate surface area is 205 Å². The van der Waals surface area contributed by atoms with E-state index in [2.05, 4.69) is 15.2 Å². The van der Waals surface area contributed by atoms with Crippen molar-refractivity contribution in [3.63, 3.8) is 0 Å². The lowest BCUT2D eigenvalue weighted by Crippen LogP contribution is -2.43. The van der Waals surface area contributed by atoms with E-state index in [1.54, 1.807) is 0 Å². The maximum Gasteiger partial charge on any atom is 0.433 e. The van der Waals surface area contributed by atoms with Crippen LogP contribution in [0, 0.1) is 0 Å². The van der Waals surface area contributed by atoms with Gasteiger partial charge in [0.25, 0.3) is 5.91 Å². The number of rotatable bonds is 4. The van der Waals surface area contributed by atoms with Crippen molar-refractivity contribution in [2.75, 3.05) is 30.4 Å². The Balaban J connectivity index is 1.43. The van der Waals surface area contributed by atoms with Crippen LogP contribution in [0.3, 0.4) is 0 Å². The number of nitrogens with one attached hydrogen (secondary N) is 1. The molecule has 196 valence electrons. The topological polar surface area (TPSA) is 48.5 Å². The maximum absolute atomic E-state index is 13.2. The SMILES string of the molecule is CN1CCCc2c(C(=O)N[C@H]3CC[C@@H](N(C)c4cc(C(F)(F)F)nc(C(F)(F)F)c4)CC3)cccc21. The van der Waals surface area contributed by atoms with Crippen molar-refractivity contribution in [2.24, 2.45) is 0 Å². The lowest BCUT2D eigenvalue weighted by Gasteiger charge is -2.36. The summed E-state index contributed by atoms with van der Waals surface area (Å²) in [6.07, 6.45) is -6.03. The molecule has 4 rings (SSSR count). The van der Waals surface area contributed by atoms with Crippen LogP contribution in [0.1, 0.15) is 59.4 Å². The van der Waals surface area contributed by atoms with Crippen molar-refractivity contribution in [3.8, 4) is 0 Å². The highest BCUT2D eigenvalue weighted by atomic mass is 19.4. The van der Waals surface area contributed by atoms with Crippen molar-refractivity contribution >= 4 is 17.3 Å². The zero-order valence-electron chi connectivity index (χ0n) is 20.0. The van der Waals surface area contributed by atoms with Crippen LogP contribution in [-0.2, 0) is 18.8 Å². The van der Waals surface area contributed by atoms with Gasteiger partial charge >= 0.3 is 12.4 Å². The molecule has 0 unspecified atom stereocenters. The smallest absolute Gasteiger partial charge is 0.374 e. The van der Waals surface area contributed by atoms with Crippen molar-refractivity contribution < 1.29 is 31.1 Å². The lowest BCUT2D eigenvalue weighted by atomic mass is 9.89. The molecule has 1 fully saturated rings. The number of aromatic nitrogens is 1. The molecule has 1 amide bonds. The first-order chi connectivity index (χ1) is 16.8. The largest absolute Gasteiger partial charge is 0.433 e. The second-order valence-corrected chi connectivity index (χ2v) is 9.51. The first-order valence-electron chi connectivity index (χ1n) is 11.9. The van der Waals surface area contributed by atoms with Gasteiger partial charge in [0.2, 0.25) is 0 Å². The van der Waals surface area contributed by atoms with E-state index in [4.69, 9.17) is 0 Å². The number of anilines is 2. The van der Waals surface area contributed by atoms with Gasteiger partial charge in [-0.05, 0) is 68.4 Å². The van der Waals surface area contributed by atoms with Crippen LogP contribution in [0.15, 0.2) is 30.3 Å². The van der Waals surface area contributed by atoms with E-state index in [0.29, 0.717) is 43.4 Å². The molecule has 5 nitrogen and oxygen atoms in total. The minimum absolute atomic E-state index is 0.117. The van der Waals surface area contributed by atoms with Gasteiger partial charge in [0.1, 0.15) is 11.4 Å². The maximum atomic E-state index is 13.2. The fourth-order valence-electron chi connectivity index (χ4n) is 5.11. The molecule has 1 saturated carbocycles. The van der Waals surface area contributed by atoms with Gasteiger partial charge in [-0.25, -0.2) is 4.98 Å². The molecule has 1 aromatic carbocycles. The van der Waals surface area contributed by atoms with Gasteiger partial charge in [-0.2, -0.15) is 26.3 Å². The molecule has 1 aliphatic carbocycles. The van der Waals surface area contributed by atoms with Gasteiger partial charge in [0.05, 0.1) is 0 Å². The number of hydrogen-bond donors (Lipinski definition) is 1. The number of carbonyl (C=O) groups excluding carboxylic acids is 1. The van der Waals surface area contributed by atoms with Crippen molar-refractivity contribution in [1.29, 1.82) is 0 Å². The Kier molecular flexibility index (Phi) is 7.12. The fraction of sp³-hybridized carbons (Fsp3) is 0.520. The summed E-state index contributed by atoms with van der Waals surface area (Å²) in [5.41, 5.74) is -0.607. The summed E-state index contributed by atoms with van der Waals surface area (Å²) >= 11 is 0. The van der Waals surface area contributed by atoms with Gasteiger partial charge in [0.15, 0.2) is 0 Å². The molecule has 0 radical (unpaired) electrons. The van der Waals surface area contributed by atoms with Gasteiger partial charge in [-0.15, -0.1) is 0 Å². The Morgan fingerprint density at radius 2 is 1.64 bits per heavy atom. The number of nitrogens with zero attached hydrogens (tertiary/aromatic N) is 3. The van der Waals surface area contributed by atoms with Crippen LogP contribution >= 0.6 is 0 Å². The summed E-state index contributed by atoms with van der Waals surface area (Å²) < 4.78 is 79.1. The molecule has 2 aromatic rings. The van der Waals surface area contributed by atoms with E-state index >= 15 is 0 Å². The Morgan fingerprint density at radius 1 is 1.03 bits per heavy atom. The van der Waals surface area contributed by atoms with Gasteiger partial charge in [-0.1, -0.05) is 6.07 Å². The number of carbonyl (C=O) groups is 1. The molecule has 2 heterocycles. The molecule has 0 bridgehead atoms. The summed E-state index contributed by atoms with van der Waals surface area (Å²) in [7, 11) is 3.49.